The highest BCUT2D eigenvalue weighted by Gasteiger charge is 2.18. The van der Waals surface area contributed by atoms with E-state index in [1.807, 2.05) is 75.3 Å². The largest absolute Gasteiger partial charge is 0.378 e. The van der Waals surface area contributed by atoms with Gasteiger partial charge in [-0.2, -0.15) is 0 Å². The molecule has 3 amide bonds. The molecule has 0 saturated carbocycles. The summed E-state index contributed by atoms with van der Waals surface area (Å²) < 4.78 is 0. The van der Waals surface area contributed by atoms with E-state index in [0.29, 0.717) is 22.0 Å². The first-order valence-electron chi connectivity index (χ1n) is 13.6. The molecular formula is C34H33ClN4O3S. The molecule has 1 unspecified atom stereocenters. The van der Waals surface area contributed by atoms with Crippen LogP contribution in [0.5, 0.6) is 0 Å². The van der Waals surface area contributed by atoms with Gasteiger partial charge in [0.25, 0.3) is 11.8 Å². The number of hydrogen-bond acceptors (Lipinski definition) is 5. The topological polar surface area (TPSA) is 90.5 Å². The summed E-state index contributed by atoms with van der Waals surface area (Å²) in [5.41, 5.74) is 4.39. The van der Waals surface area contributed by atoms with Crippen LogP contribution in [-0.2, 0) is 9.59 Å². The Kier molecular flexibility index (Phi) is 10.6. The minimum absolute atomic E-state index is 0.0918. The third kappa shape index (κ3) is 8.98. The predicted molar refractivity (Wildman–Crippen MR) is 178 cm³/mol. The number of hydrogen-bond donors (Lipinski definition) is 3. The summed E-state index contributed by atoms with van der Waals surface area (Å²) in [4.78, 5) is 42.1. The van der Waals surface area contributed by atoms with E-state index in [9.17, 15) is 14.4 Å². The number of carbonyl (C=O) groups excluding carboxylic acids is 3. The van der Waals surface area contributed by atoms with Crippen molar-refractivity contribution in [2.24, 2.45) is 0 Å². The summed E-state index contributed by atoms with van der Waals surface area (Å²) in [6.45, 7) is 3.71. The fourth-order valence-electron chi connectivity index (χ4n) is 4.04. The number of nitrogens with zero attached hydrogens (tertiary/aromatic N) is 1. The van der Waals surface area contributed by atoms with Gasteiger partial charge in [0, 0.05) is 46.6 Å². The molecule has 4 aromatic carbocycles. The molecule has 3 N–H and O–H groups in total. The average molecular weight is 613 g/mol. The molecule has 4 aromatic rings. The van der Waals surface area contributed by atoms with Gasteiger partial charge in [-0.05, 0) is 85.6 Å². The lowest BCUT2D eigenvalue weighted by molar-refractivity contribution is -0.115. The second kappa shape index (κ2) is 14.6. The first kappa shape index (κ1) is 31.4. The fourth-order valence-corrected chi connectivity index (χ4v) is 5.14. The Morgan fingerprint density at radius 2 is 1.58 bits per heavy atom. The number of benzene rings is 4. The number of rotatable bonds is 10. The lowest BCUT2D eigenvalue weighted by Crippen LogP contribution is -2.30. The van der Waals surface area contributed by atoms with Crippen molar-refractivity contribution in [1.82, 2.24) is 5.32 Å². The lowest BCUT2D eigenvalue weighted by Gasteiger charge is -2.15. The van der Waals surface area contributed by atoms with Crippen molar-refractivity contribution in [3.63, 3.8) is 0 Å². The highest BCUT2D eigenvalue weighted by Crippen LogP contribution is 2.28. The quantitative estimate of drug-likeness (QED) is 0.130. The van der Waals surface area contributed by atoms with Gasteiger partial charge in [0.1, 0.15) is 5.70 Å². The van der Waals surface area contributed by atoms with Crippen molar-refractivity contribution in [2.75, 3.05) is 29.6 Å². The van der Waals surface area contributed by atoms with Crippen molar-refractivity contribution < 1.29 is 14.4 Å². The molecule has 0 bridgehead atoms. The molecular weight excluding hydrogens is 580 g/mol. The zero-order valence-electron chi connectivity index (χ0n) is 24.4. The van der Waals surface area contributed by atoms with Crippen molar-refractivity contribution in [1.29, 1.82) is 0 Å². The fraction of sp³-hybridized carbons (Fsp3) is 0.147. The first-order valence-corrected chi connectivity index (χ1v) is 14.9. The van der Waals surface area contributed by atoms with E-state index in [1.165, 1.54) is 11.8 Å². The predicted octanol–water partition coefficient (Wildman–Crippen LogP) is 7.24. The maximum Gasteiger partial charge on any atom is 0.272 e. The van der Waals surface area contributed by atoms with E-state index >= 15 is 0 Å². The first-order chi connectivity index (χ1) is 20.6. The highest BCUT2D eigenvalue weighted by molar-refractivity contribution is 8.00. The molecule has 0 fully saturated rings. The number of amides is 3. The Hall–Kier alpha value is -4.53. The van der Waals surface area contributed by atoms with E-state index in [0.717, 1.165) is 21.7 Å². The number of nitrogens with one attached hydrogen (secondary N) is 3. The number of carbonyl (C=O) groups is 3. The number of aryl methyl sites for hydroxylation is 1. The number of thioether (sulfide) groups is 1. The molecule has 220 valence electrons. The monoisotopic (exact) mass is 612 g/mol. The van der Waals surface area contributed by atoms with Crippen LogP contribution in [-0.4, -0.2) is 37.1 Å². The molecule has 9 heteroatoms. The molecule has 0 aromatic heterocycles. The molecule has 43 heavy (non-hydrogen) atoms. The van der Waals surface area contributed by atoms with Crippen LogP contribution in [0.2, 0.25) is 5.02 Å². The van der Waals surface area contributed by atoms with Gasteiger partial charge in [0.15, 0.2) is 0 Å². The van der Waals surface area contributed by atoms with E-state index in [1.54, 1.807) is 60.7 Å². The van der Waals surface area contributed by atoms with E-state index in [4.69, 9.17) is 11.6 Å². The summed E-state index contributed by atoms with van der Waals surface area (Å²) in [6.07, 6.45) is 1.64. The molecule has 0 aliphatic rings. The molecule has 7 nitrogen and oxygen atoms in total. The third-order valence-electron chi connectivity index (χ3n) is 6.48. The maximum absolute atomic E-state index is 13.5. The van der Waals surface area contributed by atoms with Crippen molar-refractivity contribution in [3.05, 3.63) is 124 Å². The Morgan fingerprint density at radius 3 is 2.28 bits per heavy atom. The van der Waals surface area contributed by atoms with Crippen LogP contribution in [0.1, 0.15) is 28.4 Å². The van der Waals surface area contributed by atoms with Gasteiger partial charge in [-0.25, -0.2) is 0 Å². The number of anilines is 3. The Balaban J connectivity index is 1.49. The van der Waals surface area contributed by atoms with Gasteiger partial charge in [0.05, 0.1) is 5.25 Å². The zero-order valence-corrected chi connectivity index (χ0v) is 25.9. The van der Waals surface area contributed by atoms with Crippen LogP contribution in [0.15, 0.2) is 108 Å². The van der Waals surface area contributed by atoms with Crippen LogP contribution in [0.3, 0.4) is 0 Å². The highest BCUT2D eigenvalue weighted by atomic mass is 35.5. The third-order valence-corrected chi connectivity index (χ3v) is 7.81. The molecule has 0 aliphatic carbocycles. The summed E-state index contributed by atoms with van der Waals surface area (Å²) in [5.74, 6) is -1.05. The Bertz CT molecular complexity index is 1640. The van der Waals surface area contributed by atoms with Gasteiger partial charge in [-0.15, -0.1) is 11.8 Å². The molecule has 0 saturated heterocycles. The smallest absolute Gasteiger partial charge is 0.272 e. The standard InChI is InChI=1S/C34H33ClN4O3S/c1-22-13-16-26(35)20-30(22)37-32(40)23(2)43-29-12-8-11-27(21-29)36-34(42)31(38-33(41)25-9-6-5-7-10-25)19-24-14-17-28(18-15-24)39(3)4/h5-21,23H,1-4H3,(H,36,42)(H,37,40)(H,38,41)/b31-19+. The van der Waals surface area contributed by atoms with Crippen LogP contribution in [0.25, 0.3) is 6.08 Å². The number of halogens is 1. The van der Waals surface area contributed by atoms with Gasteiger partial charge >= 0.3 is 0 Å². The van der Waals surface area contributed by atoms with E-state index in [-0.39, 0.29) is 11.6 Å². The minimum atomic E-state index is -0.481. The average Bonchev–Trinajstić information content (AvgIpc) is 2.99. The summed E-state index contributed by atoms with van der Waals surface area (Å²) in [6, 6.07) is 28.9. The second-order valence-corrected chi connectivity index (χ2v) is 11.9. The molecule has 0 aliphatic heterocycles. The normalized spacial score (nSPS) is 11.8. The Morgan fingerprint density at radius 1 is 0.860 bits per heavy atom. The zero-order chi connectivity index (χ0) is 30.9. The van der Waals surface area contributed by atoms with Crippen molar-refractivity contribution in [3.8, 4) is 0 Å². The Labute approximate surface area is 261 Å². The maximum atomic E-state index is 13.5. The van der Waals surface area contributed by atoms with Gasteiger partial charge in [-0.3, -0.25) is 14.4 Å². The van der Waals surface area contributed by atoms with Crippen LogP contribution in [0.4, 0.5) is 17.1 Å². The van der Waals surface area contributed by atoms with Crippen LogP contribution < -0.4 is 20.9 Å². The molecule has 1 atom stereocenters. The van der Waals surface area contributed by atoms with Crippen LogP contribution >= 0.6 is 23.4 Å². The molecule has 0 radical (unpaired) electrons. The summed E-state index contributed by atoms with van der Waals surface area (Å²) in [5, 5.41) is 8.71. The SMILES string of the molecule is Cc1ccc(Cl)cc1NC(=O)C(C)Sc1cccc(NC(=O)/C(=C\c2ccc(N(C)C)cc2)NC(=O)c2ccccc2)c1. The van der Waals surface area contributed by atoms with E-state index in [2.05, 4.69) is 16.0 Å². The van der Waals surface area contributed by atoms with Gasteiger partial charge in [0.2, 0.25) is 5.91 Å². The molecule has 4 rings (SSSR count). The second-order valence-electron chi connectivity index (χ2n) is 10.1. The summed E-state index contributed by atoms with van der Waals surface area (Å²) in [7, 11) is 3.90. The summed E-state index contributed by atoms with van der Waals surface area (Å²) >= 11 is 7.45. The van der Waals surface area contributed by atoms with Crippen LogP contribution in [0, 0.1) is 6.92 Å². The van der Waals surface area contributed by atoms with Gasteiger partial charge in [-0.1, -0.05) is 54.1 Å². The van der Waals surface area contributed by atoms with Gasteiger partial charge < -0.3 is 20.9 Å². The minimum Gasteiger partial charge on any atom is -0.378 e. The molecule has 0 heterocycles. The lowest BCUT2D eigenvalue weighted by atomic mass is 10.1. The van der Waals surface area contributed by atoms with E-state index < -0.39 is 17.1 Å². The van der Waals surface area contributed by atoms with Crippen molar-refractivity contribution in [2.45, 2.75) is 24.0 Å². The molecule has 0 spiro atoms. The van der Waals surface area contributed by atoms with Crippen molar-refractivity contribution >= 4 is 64.2 Å².